The summed E-state index contributed by atoms with van der Waals surface area (Å²) in [5, 5.41) is 10.5. The van der Waals surface area contributed by atoms with E-state index >= 15 is 0 Å². The van der Waals surface area contributed by atoms with Crippen LogP contribution < -0.4 is 21.5 Å². The van der Waals surface area contributed by atoms with Crippen molar-refractivity contribution in [1.82, 2.24) is 20.3 Å². The average Bonchev–Trinajstić information content (AvgIpc) is 2.62. The molecule has 1 aromatic carbocycles. The molecule has 26 heavy (non-hydrogen) atoms. The van der Waals surface area contributed by atoms with Gasteiger partial charge in [-0.3, -0.25) is 4.79 Å². The minimum atomic E-state index is -0.205. The van der Waals surface area contributed by atoms with Gasteiger partial charge in [0.2, 0.25) is 5.95 Å². The molecule has 1 aliphatic rings. The quantitative estimate of drug-likeness (QED) is 0.578. The average molecular weight is 350 g/mol. The molecular formula is C19H22N6O. The van der Waals surface area contributed by atoms with Crippen molar-refractivity contribution in [3.05, 3.63) is 52.4 Å². The Morgan fingerprint density at radius 2 is 2.15 bits per heavy atom. The van der Waals surface area contributed by atoms with E-state index in [1.54, 1.807) is 12.3 Å². The summed E-state index contributed by atoms with van der Waals surface area (Å²) in [7, 11) is 0. The summed E-state index contributed by atoms with van der Waals surface area (Å²) >= 11 is 0. The van der Waals surface area contributed by atoms with Crippen LogP contribution in [0.4, 0.5) is 17.5 Å². The van der Waals surface area contributed by atoms with E-state index in [1.807, 2.05) is 31.2 Å². The second-order valence-corrected chi connectivity index (χ2v) is 6.64. The van der Waals surface area contributed by atoms with Crippen LogP contribution in [-0.2, 0) is 0 Å². The Balaban J connectivity index is 1.74. The molecule has 7 nitrogen and oxygen atoms in total. The molecule has 0 amide bonds. The molecule has 0 bridgehead atoms. The molecule has 7 heteroatoms. The molecule has 3 aromatic rings. The first-order valence-electron chi connectivity index (χ1n) is 8.89. The maximum atomic E-state index is 12.4. The van der Waals surface area contributed by atoms with Crippen LogP contribution in [0.15, 0.2) is 41.3 Å². The van der Waals surface area contributed by atoms with Gasteiger partial charge in [-0.05, 0) is 50.1 Å². The second-order valence-electron chi connectivity index (χ2n) is 6.64. The van der Waals surface area contributed by atoms with Crippen LogP contribution in [0.5, 0.6) is 0 Å². The van der Waals surface area contributed by atoms with Gasteiger partial charge in [0.15, 0.2) is 0 Å². The maximum Gasteiger partial charge on any atom is 0.261 e. The molecule has 2 aromatic heterocycles. The molecule has 1 fully saturated rings. The Bertz CT molecular complexity index is 977. The van der Waals surface area contributed by atoms with Gasteiger partial charge < -0.3 is 20.9 Å². The number of piperidine rings is 1. The van der Waals surface area contributed by atoms with E-state index in [9.17, 15) is 4.79 Å². The number of pyridine rings is 1. The van der Waals surface area contributed by atoms with Crippen molar-refractivity contribution >= 4 is 28.4 Å². The van der Waals surface area contributed by atoms with Gasteiger partial charge in [0.25, 0.3) is 5.56 Å². The number of hydrogen-bond donors (Lipinski definition) is 4. The Kier molecular flexibility index (Phi) is 4.53. The molecule has 1 aliphatic heterocycles. The summed E-state index contributed by atoms with van der Waals surface area (Å²) in [6.07, 6.45) is 3.81. The highest BCUT2D eigenvalue weighted by molar-refractivity contribution is 5.90. The van der Waals surface area contributed by atoms with Crippen molar-refractivity contribution in [3.8, 4) is 0 Å². The lowest BCUT2D eigenvalue weighted by molar-refractivity contribution is 0.478. The van der Waals surface area contributed by atoms with Crippen molar-refractivity contribution in [2.45, 2.75) is 25.8 Å². The molecular weight excluding hydrogens is 328 g/mol. The number of aryl methyl sites for hydroxylation is 1. The first-order chi connectivity index (χ1) is 12.7. The van der Waals surface area contributed by atoms with E-state index in [4.69, 9.17) is 0 Å². The van der Waals surface area contributed by atoms with Crippen LogP contribution in [0.2, 0.25) is 0 Å². The fourth-order valence-electron chi connectivity index (χ4n) is 3.26. The summed E-state index contributed by atoms with van der Waals surface area (Å²) in [4.78, 5) is 24.2. The van der Waals surface area contributed by atoms with Gasteiger partial charge in [-0.15, -0.1) is 0 Å². The van der Waals surface area contributed by atoms with Crippen molar-refractivity contribution in [2.75, 3.05) is 23.7 Å². The highest BCUT2D eigenvalue weighted by atomic mass is 16.1. The van der Waals surface area contributed by atoms with Crippen LogP contribution >= 0.6 is 0 Å². The topological polar surface area (TPSA) is 94.7 Å². The van der Waals surface area contributed by atoms with Gasteiger partial charge in [-0.1, -0.05) is 12.1 Å². The summed E-state index contributed by atoms with van der Waals surface area (Å²) in [5.41, 5.74) is 2.43. The molecule has 0 spiro atoms. The molecule has 4 rings (SSSR count). The molecule has 4 N–H and O–H groups in total. The smallest absolute Gasteiger partial charge is 0.261 e. The van der Waals surface area contributed by atoms with Crippen LogP contribution in [-0.4, -0.2) is 34.1 Å². The van der Waals surface area contributed by atoms with E-state index in [2.05, 4.69) is 30.9 Å². The molecule has 1 saturated heterocycles. The van der Waals surface area contributed by atoms with E-state index in [1.165, 1.54) is 0 Å². The van der Waals surface area contributed by atoms with Crippen LogP contribution in [0.3, 0.4) is 0 Å². The third-order valence-corrected chi connectivity index (χ3v) is 4.53. The molecule has 3 heterocycles. The highest BCUT2D eigenvalue weighted by Gasteiger charge is 2.16. The molecule has 134 valence electrons. The van der Waals surface area contributed by atoms with Crippen molar-refractivity contribution in [1.29, 1.82) is 0 Å². The SMILES string of the molecule is Cc1cccc(Nc2nc(N[C@@H]3CCCNC3)nc3cc[nH]c(=O)c23)c1. The minimum absolute atomic E-state index is 0.205. The predicted octanol–water partition coefficient (Wildman–Crippen LogP) is 2.53. The van der Waals surface area contributed by atoms with E-state index in [0.717, 1.165) is 37.2 Å². The molecule has 0 radical (unpaired) electrons. The van der Waals surface area contributed by atoms with Gasteiger partial charge in [-0.2, -0.15) is 4.98 Å². The first-order valence-corrected chi connectivity index (χ1v) is 8.89. The van der Waals surface area contributed by atoms with Gasteiger partial charge in [0.1, 0.15) is 11.2 Å². The molecule has 0 unspecified atom stereocenters. The Labute approximate surface area is 151 Å². The number of nitrogens with zero attached hydrogens (tertiary/aromatic N) is 2. The Hall–Kier alpha value is -2.93. The van der Waals surface area contributed by atoms with Crippen LogP contribution in [0.1, 0.15) is 18.4 Å². The highest BCUT2D eigenvalue weighted by Crippen LogP contribution is 2.23. The van der Waals surface area contributed by atoms with E-state index < -0.39 is 0 Å². The lowest BCUT2D eigenvalue weighted by Gasteiger charge is -2.24. The number of H-pyrrole nitrogens is 1. The zero-order valence-corrected chi connectivity index (χ0v) is 14.7. The second kappa shape index (κ2) is 7.13. The van der Waals surface area contributed by atoms with E-state index in [0.29, 0.717) is 22.7 Å². The third kappa shape index (κ3) is 3.52. The fraction of sp³-hybridized carbons (Fsp3) is 0.316. The normalized spacial score (nSPS) is 17.2. The number of fused-ring (bicyclic) bond motifs is 1. The Morgan fingerprint density at radius 3 is 2.96 bits per heavy atom. The molecule has 1 atom stereocenters. The number of benzene rings is 1. The summed E-state index contributed by atoms with van der Waals surface area (Å²) < 4.78 is 0. The number of anilines is 3. The van der Waals surface area contributed by atoms with Crippen molar-refractivity contribution in [2.24, 2.45) is 0 Å². The summed E-state index contributed by atoms with van der Waals surface area (Å²) in [6, 6.07) is 10.1. The largest absolute Gasteiger partial charge is 0.350 e. The fourth-order valence-corrected chi connectivity index (χ4v) is 3.26. The van der Waals surface area contributed by atoms with Gasteiger partial charge in [0.05, 0.1) is 5.52 Å². The lowest BCUT2D eigenvalue weighted by atomic mass is 10.1. The number of nitrogens with one attached hydrogen (secondary N) is 4. The minimum Gasteiger partial charge on any atom is -0.350 e. The Morgan fingerprint density at radius 1 is 1.23 bits per heavy atom. The number of aromatic nitrogens is 3. The summed E-state index contributed by atoms with van der Waals surface area (Å²) in [6.45, 7) is 3.96. The summed E-state index contributed by atoms with van der Waals surface area (Å²) in [5.74, 6) is 1.04. The monoisotopic (exact) mass is 350 g/mol. The van der Waals surface area contributed by atoms with Crippen molar-refractivity contribution in [3.63, 3.8) is 0 Å². The zero-order valence-electron chi connectivity index (χ0n) is 14.7. The number of rotatable bonds is 4. The predicted molar refractivity (Wildman–Crippen MR) is 104 cm³/mol. The van der Waals surface area contributed by atoms with Crippen LogP contribution in [0.25, 0.3) is 10.9 Å². The van der Waals surface area contributed by atoms with Gasteiger partial charge in [-0.25, -0.2) is 4.98 Å². The molecule has 0 saturated carbocycles. The number of aromatic amines is 1. The number of hydrogen-bond acceptors (Lipinski definition) is 6. The maximum absolute atomic E-state index is 12.4. The van der Waals surface area contributed by atoms with Crippen molar-refractivity contribution < 1.29 is 0 Å². The molecule has 0 aliphatic carbocycles. The van der Waals surface area contributed by atoms with Gasteiger partial charge >= 0.3 is 0 Å². The lowest BCUT2D eigenvalue weighted by Crippen LogP contribution is -2.38. The van der Waals surface area contributed by atoms with Gasteiger partial charge in [0, 0.05) is 24.5 Å². The van der Waals surface area contributed by atoms with Crippen LogP contribution in [0, 0.1) is 6.92 Å². The third-order valence-electron chi connectivity index (χ3n) is 4.53. The van der Waals surface area contributed by atoms with E-state index in [-0.39, 0.29) is 11.6 Å². The first kappa shape index (κ1) is 16.5. The standard InChI is InChI=1S/C19H22N6O/c1-12-4-2-5-13(10-12)22-17-16-15(7-9-21-18(16)26)24-19(25-17)23-14-6-3-8-20-11-14/h2,4-5,7,9-10,14,20H,3,6,8,11H2,1H3,(H,21,26)(H2,22,23,24,25)/t14-/m1/s1. The zero-order chi connectivity index (χ0) is 17.9.